The molecule has 0 bridgehead atoms. The van der Waals surface area contributed by atoms with Gasteiger partial charge in [0.15, 0.2) is 6.10 Å². The number of amides is 1. The minimum atomic E-state index is -0.545. The second kappa shape index (κ2) is 8.00. The second-order valence-electron chi connectivity index (χ2n) is 5.35. The van der Waals surface area contributed by atoms with Gasteiger partial charge in [-0.2, -0.15) is 5.26 Å². The van der Waals surface area contributed by atoms with Gasteiger partial charge in [-0.1, -0.05) is 36.8 Å². The van der Waals surface area contributed by atoms with Crippen LogP contribution in [0.15, 0.2) is 48.5 Å². The number of aryl methyl sites for hydroxylation is 1. The minimum absolute atomic E-state index is 0.180. The van der Waals surface area contributed by atoms with Gasteiger partial charge >= 0.3 is 0 Å². The molecule has 4 heteroatoms. The summed E-state index contributed by atoms with van der Waals surface area (Å²) in [7, 11) is 0. The Morgan fingerprint density at radius 1 is 1.17 bits per heavy atom. The quantitative estimate of drug-likeness (QED) is 0.881. The van der Waals surface area contributed by atoms with Crippen LogP contribution in [0.2, 0.25) is 0 Å². The van der Waals surface area contributed by atoms with E-state index in [4.69, 9.17) is 10.00 Å². The Hall–Kier alpha value is -2.80. The van der Waals surface area contributed by atoms with Crippen LogP contribution in [0.4, 0.5) is 5.69 Å². The number of hydrogen-bond acceptors (Lipinski definition) is 3. The van der Waals surface area contributed by atoms with Gasteiger partial charge in [0.1, 0.15) is 5.75 Å². The largest absolute Gasteiger partial charge is 0.481 e. The Morgan fingerprint density at radius 3 is 2.39 bits per heavy atom. The summed E-state index contributed by atoms with van der Waals surface area (Å²) < 4.78 is 5.76. The molecule has 0 fully saturated rings. The average molecular weight is 308 g/mol. The third-order valence-electron chi connectivity index (χ3n) is 3.47. The molecule has 0 spiro atoms. The van der Waals surface area contributed by atoms with Crippen LogP contribution >= 0.6 is 0 Å². The van der Waals surface area contributed by atoms with Gasteiger partial charge < -0.3 is 10.1 Å². The topological polar surface area (TPSA) is 62.1 Å². The molecule has 1 amide bonds. The van der Waals surface area contributed by atoms with Crippen LogP contribution in [0.3, 0.4) is 0 Å². The van der Waals surface area contributed by atoms with Crippen molar-refractivity contribution in [2.24, 2.45) is 0 Å². The van der Waals surface area contributed by atoms with Crippen molar-refractivity contribution in [1.29, 1.82) is 5.26 Å². The molecule has 0 radical (unpaired) electrons. The fourth-order valence-corrected chi connectivity index (χ4v) is 2.12. The first-order valence-electron chi connectivity index (χ1n) is 7.62. The van der Waals surface area contributed by atoms with Crippen LogP contribution in [0, 0.1) is 18.3 Å². The lowest BCUT2D eigenvalue weighted by Gasteiger charge is -2.17. The normalized spacial score (nSPS) is 11.3. The maximum atomic E-state index is 12.3. The molecule has 0 aliphatic carbocycles. The van der Waals surface area contributed by atoms with Gasteiger partial charge in [0, 0.05) is 5.69 Å². The highest BCUT2D eigenvalue weighted by atomic mass is 16.5. The Balaban J connectivity index is 1.99. The fraction of sp³-hybridized carbons (Fsp3) is 0.263. The third-order valence-corrected chi connectivity index (χ3v) is 3.47. The lowest BCUT2D eigenvalue weighted by molar-refractivity contribution is -0.122. The zero-order chi connectivity index (χ0) is 16.7. The molecule has 0 saturated heterocycles. The van der Waals surface area contributed by atoms with Crippen molar-refractivity contribution >= 4 is 11.6 Å². The standard InChI is InChI=1S/C19H20N2O2/c1-3-18(23-17-10-4-14(2)5-11-17)19(22)21-16-8-6-15(7-9-16)12-13-20/h4-11,18H,3,12H2,1-2H3,(H,21,22)/t18-/m1/s1. The van der Waals surface area contributed by atoms with Gasteiger partial charge in [-0.15, -0.1) is 0 Å². The van der Waals surface area contributed by atoms with E-state index in [0.29, 0.717) is 24.3 Å². The van der Waals surface area contributed by atoms with Crippen LogP contribution in [-0.2, 0) is 11.2 Å². The summed E-state index contributed by atoms with van der Waals surface area (Å²) in [6.07, 6.45) is 0.394. The second-order valence-corrected chi connectivity index (χ2v) is 5.35. The summed E-state index contributed by atoms with van der Waals surface area (Å²) in [5.41, 5.74) is 2.77. The van der Waals surface area contributed by atoms with E-state index in [2.05, 4.69) is 11.4 Å². The van der Waals surface area contributed by atoms with Crippen molar-refractivity contribution in [2.75, 3.05) is 5.32 Å². The van der Waals surface area contributed by atoms with Crippen LogP contribution in [0.5, 0.6) is 5.75 Å². The zero-order valence-corrected chi connectivity index (χ0v) is 13.4. The van der Waals surface area contributed by atoms with Crippen molar-refractivity contribution in [3.8, 4) is 11.8 Å². The molecule has 2 aromatic rings. The number of benzene rings is 2. The lowest BCUT2D eigenvalue weighted by atomic mass is 10.1. The molecular formula is C19H20N2O2. The Kier molecular flexibility index (Phi) is 5.76. The van der Waals surface area contributed by atoms with E-state index in [0.717, 1.165) is 11.1 Å². The number of anilines is 1. The van der Waals surface area contributed by atoms with E-state index in [-0.39, 0.29) is 5.91 Å². The van der Waals surface area contributed by atoms with Gasteiger partial charge in [-0.05, 0) is 43.2 Å². The first-order chi connectivity index (χ1) is 11.1. The molecule has 4 nitrogen and oxygen atoms in total. The molecular weight excluding hydrogens is 288 g/mol. The van der Waals surface area contributed by atoms with Gasteiger partial charge in [-0.25, -0.2) is 0 Å². The molecule has 1 atom stereocenters. The Labute approximate surface area is 136 Å². The molecule has 118 valence electrons. The number of rotatable bonds is 6. The van der Waals surface area contributed by atoms with Crippen molar-refractivity contribution in [3.63, 3.8) is 0 Å². The molecule has 2 aromatic carbocycles. The molecule has 0 heterocycles. The molecule has 2 rings (SSSR count). The van der Waals surface area contributed by atoms with Crippen LogP contribution < -0.4 is 10.1 Å². The number of nitriles is 1. The van der Waals surface area contributed by atoms with E-state index in [9.17, 15) is 4.79 Å². The minimum Gasteiger partial charge on any atom is -0.481 e. The maximum absolute atomic E-state index is 12.3. The van der Waals surface area contributed by atoms with E-state index < -0.39 is 6.10 Å². The summed E-state index contributed by atoms with van der Waals surface area (Å²) in [6, 6.07) is 17.0. The van der Waals surface area contributed by atoms with E-state index >= 15 is 0 Å². The highest BCUT2D eigenvalue weighted by Crippen LogP contribution is 2.16. The van der Waals surface area contributed by atoms with Crippen molar-refractivity contribution in [2.45, 2.75) is 32.8 Å². The van der Waals surface area contributed by atoms with Crippen molar-refractivity contribution < 1.29 is 9.53 Å². The summed E-state index contributed by atoms with van der Waals surface area (Å²) in [6.45, 7) is 3.91. The predicted octanol–water partition coefficient (Wildman–Crippen LogP) is 3.86. The Morgan fingerprint density at radius 2 is 1.83 bits per heavy atom. The number of ether oxygens (including phenoxy) is 1. The van der Waals surface area contributed by atoms with E-state index in [1.165, 1.54) is 0 Å². The van der Waals surface area contributed by atoms with E-state index in [1.54, 1.807) is 12.1 Å². The number of nitrogens with zero attached hydrogens (tertiary/aromatic N) is 1. The van der Waals surface area contributed by atoms with E-state index in [1.807, 2.05) is 50.2 Å². The zero-order valence-electron chi connectivity index (χ0n) is 13.4. The molecule has 0 aromatic heterocycles. The number of carbonyl (C=O) groups excluding carboxylic acids is 1. The van der Waals surface area contributed by atoms with Gasteiger partial charge in [-0.3, -0.25) is 4.79 Å². The summed E-state index contributed by atoms with van der Waals surface area (Å²) >= 11 is 0. The SMILES string of the molecule is CC[C@@H](Oc1ccc(C)cc1)C(=O)Nc1ccc(CC#N)cc1. The maximum Gasteiger partial charge on any atom is 0.265 e. The highest BCUT2D eigenvalue weighted by molar-refractivity contribution is 5.94. The summed E-state index contributed by atoms with van der Waals surface area (Å²) in [5.74, 6) is 0.503. The summed E-state index contributed by atoms with van der Waals surface area (Å²) in [5, 5.41) is 11.5. The highest BCUT2D eigenvalue weighted by Gasteiger charge is 2.18. The molecule has 0 aliphatic rings. The predicted molar refractivity (Wildman–Crippen MR) is 90.3 cm³/mol. The number of hydrogen-bond donors (Lipinski definition) is 1. The van der Waals surface area contributed by atoms with Crippen LogP contribution in [0.1, 0.15) is 24.5 Å². The average Bonchev–Trinajstić information content (AvgIpc) is 2.56. The van der Waals surface area contributed by atoms with Crippen molar-refractivity contribution in [3.05, 3.63) is 59.7 Å². The van der Waals surface area contributed by atoms with Crippen LogP contribution in [0.25, 0.3) is 0 Å². The molecule has 1 N–H and O–H groups in total. The smallest absolute Gasteiger partial charge is 0.265 e. The first-order valence-corrected chi connectivity index (χ1v) is 7.62. The fourth-order valence-electron chi connectivity index (χ4n) is 2.12. The first kappa shape index (κ1) is 16.6. The number of nitrogens with one attached hydrogen (secondary N) is 1. The third kappa shape index (κ3) is 4.86. The van der Waals surface area contributed by atoms with Gasteiger partial charge in [0.05, 0.1) is 12.5 Å². The van der Waals surface area contributed by atoms with Gasteiger partial charge in [0.25, 0.3) is 5.91 Å². The summed E-state index contributed by atoms with van der Waals surface area (Å²) in [4.78, 5) is 12.3. The van der Waals surface area contributed by atoms with Crippen molar-refractivity contribution in [1.82, 2.24) is 0 Å². The lowest BCUT2D eigenvalue weighted by Crippen LogP contribution is -2.32. The molecule has 0 saturated carbocycles. The van der Waals surface area contributed by atoms with Crippen LogP contribution in [-0.4, -0.2) is 12.0 Å². The number of carbonyl (C=O) groups is 1. The Bertz CT molecular complexity index is 685. The van der Waals surface area contributed by atoms with Gasteiger partial charge in [0.2, 0.25) is 0 Å². The molecule has 0 aliphatic heterocycles. The monoisotopic (exact) mass is 308 g/mol. The molecule has 23 heavy (non-hydrogen) atoms. The molecule has 0 unspecified atom stereocenters.